The number of anilines is 1. The van der Waals surface area contributed by atoms with Crippen LogP contribution < -0.4 is 5.32 Å². The zero-order chi connectivity index (χ0) is 14.8. The summed E-state index contributed by atoms with van der Waals surface area (Å²) in [6.45, 7) is 3.31. The first-order chi connectivity index (χ1) is 10.2. The molecule has 4 heteroatoms. The highest BCUT2D eigenvalue weighted by molar-refractivity contribution is 9.10. The third-order valence-electron chi connectivity index (χ3n) is 3.68. The van der Waals surface area contributed by atoms with Crippen LogP contribution in [0.4, 0.5) is 5.69 Å². The fraction of sp³-hybridized carbons (Fsp3) is 0.235. The number of fused-ring (bicyclic) bond motifs is 1. The van der Waals surface area contributed by atoms with E-state index in [4.69, 9.17) is 4.74 Å². The van der Waals surface area contributed by atoms with Crippen LogP contribution >= 0.6 is 15.9 Å². The molecule has 0 bridgehead atoms. The molecule has 21 heavy (non-hydrogen) atoms. The van der Waals surface area contributed by atoms with Crippen LogP contribution in [0.25, 0.3) is 0 Å². The van der Waals surface area contributed by atoms with E-state index in [0.29, 0.717) is 18.8 Å². The van der Waals surface area contributed by atoms with Gasteiger partial charge in [-0.15, -0.1) is 0 Å². The predicted molar refractivity (Wildman–Crippen MR) is 86.4 cm³/mol. The van der Waals surface area contributed by atoms with Crippen LogP contribution in [0.2, 0.25) is 0 Å². The molecule has 0 spiro atoms. The number of ether oxygens (including phenoxy) is 1. The number of hydrogen-bond donors (Lipinski definition) is 1. The van der Waals surface area contributed by atoms with Crippen LogP contribution in [-0.2, 0) is 24.4 Å². The SMILES string of the molecule is CCc1cc(Br)ccc1NC(=O)c1ccc2c(c1)COC2. The molecule has 2 aromatic rings. The molecule has 3 rings (SSSR count). The van der Waals surface area contributed by atoms with Crippen molar-refractivity contribution < 1.29 is 9.53 Å². The number of rotatable bonds is 3. The monoisotopic (exact) mass is 345 g/mol. The van der Waals surface area contributed by atoms with Crippen molar-refractivity contribution in [3.8, 4) is 0 Å². The average Bonchev–Trinajstić information content (AvgIpc) is 2.96. The number of benzene rings is 2. The molecular weight excluding hydrogens is 330 g/mol. The van der Waals surface area contributed by atoms with Gasteiger partial charge in [-0.2, -0.15) is 0 Å². The Hall–Kier alpha value is -1.65. The van der Waals surface area contributed by atoms with E-state index in [0.717, 1.165) is 27.7 Å². The fourth-order valence-electron chi connectivity index (χ4n) is 2.48. The Morgan fingerprint density at radius 2 is 2.00 bits per heavy atom. The maximum atomic E-state index is 12.4. The minimum absolute atomic E-state index is 0.0817. The largest absolute Gasteiger partial charge is 0.372 e. The Balaban J connectivity index is 1.83. The molecule has 0 saturated carbocycles. The first kappa shape index (κ1) is 14.3. The molecule has 1 aliphatic heterocycles. The molecule has 0 atom stereocenters. The number of halogens is 1. The fourth-order valence-corrected chi connectivity index (χ4v) is 2.89. The van der Waals surface area contributed by atoms with Crippen molar-refractivity contribution in [2.24, 2.45) is 0 Å². The average molecular weight is 346 g/mol. The summed E-state index contributed by atoms with van der Waals surface area (Å²) in [5.41, 5.74) is 4.92. The molecule has 0 aromatic heterocycles. The molecule has 1 aliphatic rings. The van der Waals surface area contributed by atoms with Gasteiger partial charge < -0.3 is 10.1 Å². The number of carbonyl (C=O) groups is 1. The predicted octanol–water partition coefficient (Wildman–Crippen LogP) is 4.29. The molecule has 0 fully saturated rings. The van der Waals surface area contributed by atoms with Gasteiger partial charge >= 0.3 is 0 Å². The van der Waals surface area contributed by atoms with Crippen LogP contribution in [0.5, 0.6) is 0 Å². The lowest BCUT2D eigenvalue weighted by Crippen LogP contribution is -2.13. The molecule has 1 heterocycles. The Kier molecular flexibility index (Phi) is 4.08. The van der Waals surface area contributed by atoms with Crippen molar-refractivity contribution in [3.05, 3.63) is 63.1 Å². The van der Waals surface area contributed by atoms with Gasteiger partial charge in [0.05, 0.1) is 13.2 Å². The summed E-state index contributed by atoms with van der Waals surface area (Å²) in [7, 11) is 0. The maximum Gasteiger partial charge on any atom is 0.255 e. The van der Waals surface area contributed by atoms with Gasteiger partial charge in [0.2, 0.25) is 0 Å². The van der Waals surface area contributed by atoms with Crippen molar-refractivity contribution in [1.29, 1.82) is 0 Å². The molecule has 0 saturated heterocycles. The summed E-state index contributed by atoms with van der Waals surface area (Å²) in [5.74, 6) is -0.0817. The normalized spacial score (nSPS) is 13.0. The van der Waals surface area contributed by atoms with Crippen LogP contribution in [0, 0.1) is 0 Å². The third-order valence-corrected chi connectivity index (χ3v) is 4.17. The number of hydrogen-bond acceptors (Lipinski definition) is 2. The van der Waals surface area contributed by atoms with Crippen molar-refractivity contribution >= 4 is 27.5 Å². The summed E-state index contributed by atoms with van der Waals surface area (Å²) in [4.78, 5) is 12.4. The zero-order valence-electron chi connectivity index (χ0n) is 11.8. The number of amides is 1. The van der Waals surface area contributed by atoms with Gasteiger partial charge in [0.25, 0.3) is 5.91 Å². The standard InChI is InChI=1S/C17H16BrNO2/c1-2-11-8-15(18)5-6-16(11)19-17(20)12-3-4-13-9-21-10-14(13)7-12/h3-8H,2,9-10H2,1H3,(H,19,20). The van der Waals surface area contributed by atoms with E-state index in [1.807, 2.05) is 36.4 Å². The summed E-state index contributed by atoms with van der Waals surface area (Å²) in [5, 5.41) is 3.00. The molecule has 3 nitrogen and oxygen atoms in total. The van der Waals surface area contributed by atoms with Gasteiger partial charge in [-0.1, -0.05) is 28.9 Å². The molecule has 2 aromatic carbocycles. The van der Waals surface area contributed by atoms with Crippen LogP contribution in [-0.4, -0.2) is 5.91 Å². The lowest BCUT2D eigenvalue weighted by Gasteiger charge is -2.11. The van der Waals surface area contributed by atoms with E-state index in [-0.39, 0.29) is 5.91 Å². The van der Waals surface area contributed by atoms with Crippen molar-refractivity contribution in [2.45, 2.75) is 26.6 Å². The Labute approximate surface area is 132 Å². The molecule has 0 unspecified atom stereocenters. The number of nitrogens with one attached hydrogen (secondary N) is 1. The van der Waals surface area contributed by atoms with Crippen LogP contribution in [0.1, 0.15) is 34.0 Å². The van der Waals surface area contributed by atoms with E-state index in [1.165, 1.54) is 5.56 Å². The lowest BCUT2D eigenvalue weighted by atomic mass is 10.1. The topological polar surface area (TPSA) is 38.3 Å². The summed E-state index contributed by atoms with van der Waals surface area (Å²) in [6.07, 6.45) is 0.868. The van der Waals surface area contributed by atoms with Gasteiger partial charge in [-0.25, -0.2) is 0 Å². The Morgan fingerprint density at radius 1 is 1.19 bits per heavy atom. The second-order valence-electron chi connectivity index (χ2n) is 5.09. The Bertz CT molecular complexity index is 697. The van der Waals surface area contributed by atoms with Gasteiger partial charge in [-0.3, -0.25) is 4.79 Å². The van der Waals surface area contributed by atoms with E-state index >= 15 is 0 Å². The minimum atomic E-state index is -0.0817. The molecular formula is C17H16BrNO2. The van der Waals surface area contributed by atoms with Crippen molar-refractivity contribution in [2.75, 3.05) is 5.32 Å². The summed E-state index contributed by atoms with van der Waals surface area (Å²) >= 11 is 3.46. The second-order valence-corrected chi connectivity index (χ2v) is 6.00. The van der Waals surface area contributed by atoms with E-state index in [1.54, 1.807) is 0 Å². The third kappa shape index (κ3) is 3.01. The highest BCUT2D eigenvalue weighted by atomic mass is 79.9. The first-order valence-electron chi connectivity index (χ1n) is 6.96. The molecule has 1 amide bonds. The van der Waals surface area contributed by atoms with Gasteiger partial charge in [-0.05, 0) is 53.4 Å². The molecule has 108 valence electrons. The molecule has 0 aliphatic carbocycles. The smallest absolute Gasteiger partial charge is 0.255 e. The van der Waals surface area contributed by atoms with Crippen LogP contribution in [0.15, 0.2) is 40.9 Å². The van der Waals surface area contributed by atoms with Crippen LogP contribution in [0.3, 0.4) is 0 Å². The van der Waals surface area contributed by atoms with E-state index < -0.39 is 0 Å². The lowest BCUT2D eigenvalue weighted by molar-refractivity contribution is 0.102. The zero-order valence-corrected chi connectivity index (χ0v) is 13.4. The quantitative estimate of drug-likeness (QED) is 0.900. The van der Waals surface area contributed by atoms with Gasteiger partial charge in [0, 0.05) is 15.7 Å². The molecule has 0 radical (unpaired) electrons. The first-order valence-corrected chi connectivity index (χ1v) is 7.76. The van der Waals surface area contributed by atoms with Gasteiger partial charge in [0.15, 0.2) is 0 Å². The van der Waals surface area contributed by atoms with E-state index in [2.05, 4.69) is 28.2 Å². The highest BCUT2D eigenvalue weighted by Crippen LogP contribution is 2.24. The van der Waals surface area contributed by atoms with Crippen molar-refractivity contribution in [3.63, 3.8) is 0 Å². The summed E-state index contributed by atoms with van der Waals surface area (Å²) in [6, 6.07) is 11.6. The number of aryl methyl sites for hydroxylation is 1. The number of carbonyl (C=O) groups excluding carboxylic acids is 1. The Morgan fingerprint density at radius 3 is 2.81 bits per heavy atom. The van der Waals surface area contributed by atoms with Crippen molar-refractivity contribution in [1.82, 2.24) is 0 Å². The maximum absolute atomic E-state index is 12.4. The molecule has 1 N–H and O–H groups in total. The highest BCUT2D eigenvalue weighted by Gasteiger charge is 2.15. The summed E-state index contributed by atoms with van der Waals surface area (Å²) < 4.78 is 6.40. The minimum Gasteiger partial charge on any atom is -0.372 e. The van der Waals surface area contributed by atoms with E-state index in [9.17, 15) is 4.79 Å². The van der Waals surface area contributed by atoms with Gasteiger partial charge in [0.1, 0.15) is 0 Å². The second kappa shape index (κ2) is 6.00.